The lowest BCUT2D eigenvalue weighted by Crippen LogP contribution is -2.14. The van der Waals surface area contributed by atoms with E-state index in [1.165, 1.54) is 57.8 Å². The summed E-state index contributed by atoms with van der Waals surface area (Å²) in [6, 6.07) is 0. The molecule has 1 rings (SSSR count). The minimum Gasteiger partial charge on any atom is -0.463 e. The zero-order valence-corrected chi connectivity index (χ0v) is 11.4. The van der Waals surface area contributed by atoms with Crippen molar-refractivity contribution in [3.8, 4) is 0 Å². The van der Waals surface area contributed by atoms with E-state index >= 15 is 0 Å². The van der Waals surface area contributed by atoms with Gasteiger partial charge in [0.25, 0.3) is 0 Å². The molecule has 100 valence electrons. The highest BCUT2D eigenvalue weighted by atomic mass is 16.5. The van der Waals surface area contributed by atoms with Crippen LogP contribution in [-0.2, 0) is 9.53 Å². The van der Waals surface area contributed by atoms with Crippen LogP contribution in [0.4, 0.5) is 0 Å². The monoisotopic (exact) mass is 240 g/mol. The van der Waals surface area contributed by atoms with Crippen LogP contribution in [0.5, 0.6) is 0 Å². The fraction of sp³-hybridized carbons (Fsp3) is 0.933. The summed E-state index contributed by atoms with van der Waals surface area (Å²) in [6.45, 7) is 2.02. The Bertz CT molecular complexity index is 201. The van der Waals surface area contributed by atoms with Gasteiger partial charge in [-0.3, -0.25) is 4.79 Å². The van der Waals surface area contributed by atoms with E-state index in [0.29, 0.717) is 6.42 Å². The van der Waals surface area contributed by atoms with Gasteiger partial charge in [0, 0.05) is 6.42 Å². The highest BCUT2D eigenvalue weighted by molar-refractivity contribution is 5.69. The third-order valence-corrected chi connectivity index (χ3v) is 3.57. The van der Waals surface area contributed by atoms with Gasteiger partial charge in [0.1, 0.15) is 0 Å². The molecule has 1 atom stereocenters. The molecule has 1 saturated heterocycles. The maximum absolute atomic E-state index is 11.5. The van der Waals surface area contributed by atoms with Crippen molar-refractivity contribution < 1.29 is 9.53 Å². The Hall–Kier alpha value is -0.530. The molecule has 0 N–H and O–H groups in total. The van der Waals surface area contributed by atoms with Crippen LogP contribution in [0.15, 0.2) is 0 Å². The average Bonchev–Trinajstić information content (AvgIpc) is 2.30. The highest BCUT2D eigenvalue weighted by Gasteiger charge is 2.09. The molecule has 0 bridgehead atoms. The number of carbonyl (C=O) groups excluding carboxylic acids is 1. The molecule has 0 aromatic heterocycles. The molecule has 1 aliphatic heterocycles. The topological polar surface area (TPSA) is 26.3 Å². The molecular weight excluding hydrogens is 212 g/mol. The number of hydrogen-bond donors (Lipinski definition) is 0. The van der Waals surface area contributed by atoms with Gasteiger partial charge in [-0.05, 0) is 26.2 Å². The summed E-state index contributed by atoms with van der Waals surface area (Å²) < 4.78 is 5.39. The Kier molecular flexibility index (Phi) is 8.12. The molecule has 0 aromatic carbocycles. The van der Waals surface area contributed by atoms with E-state index in [1.807, 2.05) is 6.92 Å². The third-order valence-electron chi connectivity index (χ3n) is 3.57. The first kappa shape index (κ1) is 14.5. The number of rotatable bonds is 0. The van der Waals surface area contributed by atoms with Gasteiger partial charge in [-0.15, -0.1) is 0 Å². The smallest absolute Gasteiger partial charge is 0.306 e. The summed E-state index contributed by atoms with van der Waals surface area (Å²) in [6.07, 6.45) is 14.6. The van der Waals surface area contributed by atoms with Gasteiger partial charge < -0.3 is 4.74 Å². The Morgan fingerprint density at radius 3 is 1.88 bits per heavy atom. The molecule has 0 amide bonds. The molecule has 1 fully saturated rings. The molecular formula is C15H28O2. The molecule has 17 heavy (non-hydrogen) atoms. The van der Waals surface area contributed by atoms with E-state index in [2.05, 4.69) is 0 Å². The van der Waals surface area contributed by atoms with Gasteiger partial charge in [-0.1, -0.05) is 51.4 Å². The molecule has 0 unspecified atom stereocenters. The minimum absolute atomic E-state index is 0.00683. The zero-order chi connectivity index (χ0) is 12.3. The van der Waals surface area contributed by atoms with E-state index in [4.69, 9.17) is 4.74 Å². The average molecular weight is 240 g/mol. The first-order chi connectivity index (χ1) is 8.29. The van der Waals surface area contributed by atoms with E-state index in [0.717, 1.165) is 12.8 Å². The van der Waals surface area contributed by atoms with Crippen LogP contribution >= 0.6 is 0 Å². The van der Waals surface area contributed by atoms with Gasteiger partial charge in [0.05, 0.1) is 6.10 Å². The van der Waals surface area contributed by atoms with Crippen LogP contribution in [0.2, 0.25) is 0 Å². The fourth-order valence-corrected chi connectivity index (χ4v) is 2.46. The number of hydrogen-bond acceptors (Lipinski definition) is 2. The Labute approximate surface area is 106 Å². The second kappa shape index (κ2) is 9.49. The summed E-state index contributed by atoms with van der Waals surface area (Å²) in [4.78, 5) is 11.5. The van der Waals surface area contributed by atoms with Crippen molar-refractivity contribution in [3.05, 3.63) is 0 Å². The largest absolute Gasteiger partial charge is 0.463 e. The quantitative estimate of drug-likeness (QED) is 0.578. The van der Waals surface area contributed by atoms with Gasteiger partial charge in [0.2, 0.25) is 0 Å². The van der Waals surface area contributed by atoms with Gasteiger partial charge in [0.15, 0.2) is 0 Å². The van der Waals surface area contributed by atoms with E-state index in [1.54, 1.807) is 0 Å². The number of carbonyl (C=O) groups is 1. The van der Waals surface area contributed by atoms with E-state index in [9.17, 15) is 4.79 Å². The Morgan fingerprint density at radius 1 is 0.824 bits per heavy atom. The van der Waals surface area contributed by atoms with Crippen molar-refractivity contribution in [2.24, 2.45) is 0 Å². The maximum Gasteiger partial charge on any atom is 0.306 e. The number of cyclic esters (lactones) is 1. The van der Waals surface area contributed by atoms with Crippen LogP contribution in [0, 0.1) is 0 Å². The summed E-state index contributed by atoms with van der Waals surface area (Å²) in [5.41, 5.74) is 0. The standard InChI is InChI=1S/C15H28O2/c1-14-12-10-8-6-4-2-3-5-7-9-11-13-15(16)17-14/h14H,2-13H2,1H3/t14-/m1/s1. The zero-order valence-electron chi connectivity index (χ0n) is 11.4. The van der Waals surface area contributed by atoms with Crippen molar-refractivity contribution in [3.63, 3.8) is 0 Å². The van der Waals surface area contributed by atoms with Crippen molar-refractivity contribution >= 4 is 5.97 Å². The summed E-state index contributed by atoms with van der Waals surface area (Å²) in [5.74, 6) is 0.00683. The van der Waals surface area contributed by atoms with Crippen LogP contribution in [0.1, 0.15) is 84.0 Å². The fourth-order valence-electron chi connectivity index (χ4n) is 2.46. The predicted molar refractivity (Wildman–Crippen MR) is 71.0 cm³/mol. The van der Waals surface area contributed by atoms with Crippen molar-refractivity contribution in [1.29, 1.82) is 0 Å². The maximum atomic E-state index is 11.5. The second-order valence-corrected chi connectivity index (χ2v) is 5.37. The number of esters is 1. The normalized spacial score (nSPS) is 26.6. The van der Waals surface area contributed by atoms with Crippen LogP contribution in [-0.4, -0.2) is 12.1 Å². The third kappa shape index (κ3) is 8.23. The van der Waals surface area contributed by atoms with Gasteiger partial charge in [-0.25, -0.2) is 0 Å². The molecule has 2 nitrogen and oxygen atoms in total. The van der Waals surface area contributed by atoms with E-state index in [-0.39, 0.29) is 12.1 Å². The number of ether oxygens (including phenoxy) is 1. The first-order valence-electron chi connectivity index (χ1n) is 7.48. The molecule has 0 radical (unpaired) electrons. The van der Waals surface area contributed by atoms with Crippen LogP contribution in [0.3, 0.4) is 0 Å². The summed E-state index contributed by atoms with van der Waals surface area (Å²) in [7, 11) is 0. The molecule has 0 saturated carbocycles. The predicted octanol–water partition coefficient (Wildman–Crippen LogP) is 4.61. The summed E-state index contributed by atoms with van der Waals surface area (Å²) >= 11 is 0. The van der Waals surface area contributed by atoms with Crippen molar-refractivity contribution in [2.75, 3.05) is 0 Å². The second-order valence-electron chi connectivity index (χ2n) is 5.37. The van der Waals surface area contributed by atoms with E-state index < -0.39 is 0 Å². The molecule has 0 aliphatic carbocycles. The highest BCUT2D eigenvalue weighted by Crippen LogP contribution is 2.15. The molecule has 0 aromatic rings. The molecule has 1 aliphatic rings. The SMILES string of the molecule is C[C@@H]1CCCCCCCCCCCCC(=O)O1. The molecule has 0 spiro atoms. The molecule has 1 heterocycles. The lowest BCUT2D eigenvalue weighted by molar-refractivity contribution is -0.148. The van der Waals surface area contributed by atoms with Gasteiger partial charge in [-0.2, -0.15) is 0 Å². The first-order valence-corrected chi connectivity index (χ1v) is 7.48. The van der Waals surface area contributed by atoms with Crippen molar-refractivity contribution in [2.45, 2.75) is 90.1 Å². The lowest BCUT2D eigenvalue weighted by atomic mass is 10.0. The Morgan fingerprint density at radius 2 is 1.29 bits per heavy atom. The summed E-state index contributed by atoms with van der Waals surface area (Å²) in [5, 5.41) is 0. The minimum atomic E-state index is 0.00683. The molecule has 2 heteroatoms. The van der Waals surface area contributed by atoms with Gasteiger partial charge >= 0.3 is 5.97 Å². The van der Waals surface area contributed by atoms with Crippen LogP contribution < -0.4 is 0 Å². The van der Waals surface area contributed by atoms with Crippen LogP contribution in [0.25, 0.3) is 0 Å². The Balaban J connectivity index is 2.23. The van der Waals surface area contributed by atoms with Crippen molar-refractivity contribution in [1.82, 2.24) is 0 Å². The lowest BCUT2D eigenvalue weighted by Gasteiger charge is -2.12.